The number of ether oxygens (including phenoxy) is 1. The highest BCUT2D eigenvalue weighted by Crippen LogP contribution is 2.13. The van der Waals surface area contributed by atoms with Crippen molar-refractivity contribution in [1.29, 1.82) is 0 Å². The minimum absolute atomic E-state index is 0.0206. The number of anilines is 1. The normalized spacial score (nSPS) is 12.6. The van der Waals surface area contributed by atoms with E-state index in [0.29, 0.717) is 5.56 Å². The largest absolute Gasteiger partial charge is 0.451 e. The first-order chi connectivity index (χ1) is 12.8. The van der Waals surface area contributed by atoms with Crippen LogP contribution in [0.15, 0.2) is 48.5 Å². The summed E-state index contributed by atoms with van der Waals surface area (Å²) in [4.78, 5) is 36.1. The van der Waals surface area contributed by atoms with Gasteiger partial charge < -0.3 is 15.4 Å². The van der Waals surface area contributed by atoms with Gasteiger partial charge in [0.2, 0.25) is 0 Å². The van der Waals surface area contributed by atoms with Crippen molar-refractivity contribution in [3.8, 4) is 0 Å². The van der Waals surface area contributed by atoms with Crippen LogP contribution in [-0.4, -0.2) is 29.9 Å². The summed E-state index contributed by atoms with van der Waals surface area (Å²) in [7, 11) is 0. The quantitative estimate of drug-likeness (QED) is 0.759. The Labute approximate surface area is 154 Å². The average molecular weight is 376 g/mol. The topological polar surface area (TPSA) is 84.5 Å². The van der Waals surface area contributed by atoms with Crippen LogP contribution in [-0.2, 0) is 14.3 Å². The van der Waals surface area contributed by atoms with E-state index in [-0.39, 0.29) is 5.69 Å². The zero-order valence-electron chi connectivity index (χ0n) is 14.7. The Morgan fingerprint density at radius 2 is 1.63 bits per heavy atom. The number of nitrogens with one attached hydrogen (secondary N) is 2. The molecule has 2 aromatic carbocycles. The van der Waals surface area contributed by atoms with Gasteiger partial charge in [0.05, 0.1) is 0 Å². The molecular weight excluding hydrogens is 358 g/mol. The molecule has 0 saturated carbocycles. The summed E-state index contributed by atoms with van der Waals surface area (Å²) in [6.07, 6.45) is -1.21. The molecule has 0 spiro atoms. The Kier molecular flexibility index (Phi) is 6.59. The minimum atomic E-state index is -1.21. The zero-order valence-corrected chi connectivity index (χ0v) is 14.7. The first-order valence-electron chi connectivity index (χ1n) is 8.10. The predicted molar refractivity (Wildman–Crippen MR) is 93.9 cm³/mol. The number of amides is 2. The average Bonchev–Trinajstić information content (AvgIpc) is 2.65. The van der Waals surface area contributed by atoms with E-state index in [1.807, 2.05) is 0 Å². The highest BCUT2D eigenvalue weighted by Gasteiger charge is 2.23. The first-order valence-corrected chi connectivity index (χ1v) is 8.10. The van der Waals surface area contributed by atoms with E-state index in [9.17, 15) is 23.2 Å². The van der Waals surface area contributed by atoms with Crippen molar-refractivity contribution < 1.29 is 27.9 Å². The standard InChI is InChI=1S/C19H18F2N2O4/c1-11(22-18(25)13-6-4-3-5-7-13)19(26)27-12(2)17(24)23-14-8-9-15(20)16(21)10-14/h3-12H,1-2H3,(H,22,25)(H,23,24)/t11-,12-/m0/s1. The summed E-state index contributed by atoms with van der Waals surface area (Å²) in [6.45, 7) is 2.74. The fourth-order valence-corrected chi connectivity index (χ4v) is 2.08. The van der Waals surface area contributed by atoms with Gasteiger partial charge in [-0.1, -0.05) is 18.2 Å². The van der Waals surface area contributed by atoms with Crippen LogP contribution in [0, 0.1) is 11.6 Å². The van der Waals surface area contributed by atoms with E-state index in [0.717, 1.165) is 12.1 Å². The second-order valence-electron chi connectivity index (χ2n) is 5.76. The van der Waals surface area contributed by atoms with E-state index in [4.69, 9.17) is 4.74 Å². The third-order valence-electron chi connectivity index (χ3n) is 3.59. The van der Waals surface area contributed by atoms with Crippen molar-refractivity contribution in [2.24, 2.45) is 0 Å². The van der Waals surface area contributed by atoms with E-state index in [2.05, 4.69) is 10.6 Å². The van der Waals surface area contributed by atoms with Crippen molar-refractivity contribution in [1.82, 2.24) is 5.32 Å². The maximum absolute atomic E-state index is 13.2. The smallest absolute Gasteiger partial charge is 0.329 e. The summed E-state index contributed by atoms with van der Waals surface area (Å²) < 4.78 is 31.1. The van der Waals surface area contributed by atoms with Gasteiger partial charge in [-0.25, -0.2) is 13.6 Å². The van der Waals surface area contributed by atoms with Gasteiger partial charge in [-0.3, -0.25) is 9.59 Å². The van der Waals surface area contributed by atoms with Gasteiger partial charge in [-0.15, -0.1) is 0 Å². The zero-order chi connectivity index (χ0) is 20.0. The van der Waals surface area contributed by atoms with Crippen molar-refractivity contribution in [3.05, 3.63) is 65.7 Å². The molecule has 0 radical (unpaired) electrons. The molecule has 0 fully saturated rings. The molecule has 8 heteroatoms. The van der Waals surface area contributed by atoms with Gasteiger partial charge in [0, 0.05) is 17.3 Å². The lowest BCUT2D eigenvalue weighted by Crippen LogP contribution is -2.42. The Morgan fingerprint density at radius 3 is 2.26 bits per heavy atom. The molecule has 142 valence electrons. The minimum Gasteiger partial charge on any atom is -0.451 e. The third kappa shape index (κ3) is 5.60. The molecule has 2 rings (SSSR count). The maximum atomic E-state index is 13.2. The summed E-state index contributed by atoms with van der Waals surface area (Å²) in [5, 5.41) is 4.78. The summed E-state index contributed by atoms with van der Waals surface area (Å²) >= 11 is 0. The summed E-state index contributed by atoms with van der Waals surface area (Å²) in [5.41, 5.74) is 0.397. The van der Waals surface area contributed by atoms with Crippen LogP contribution >= 0.6 is 0 Å². The molecular formula is C19H18F2N2O4. The van der Waals surface area contributed by atoms with Gasteiger partial charge >= 0.3 is 5.97 Å². The van der Waals surface area contributed by atoms with E-state index >= 15 is 0 Å². The summed E-state index contributed by atoms with van der Waals surface area (Å²) in [6, 6.07) is 10.2. The predicted octanol–water partition coefficient (Wildman–Crippen LogP) is 2.65. The van der Waals surface area contributed by atoms with Crippen LogP contribution in [0.2, 0.25) is 0 Å². The molecule has 2 N–H and O–H groups in total. The molecule has 0 aliphatic carbocycles. The molecule has 2 aromatic rings. The number of halogens is 2. The third-order valence-corrected chi connectivity index (χ3v) is 3.59. The van der Waals surface area contributed by atoms with Gasteiger partial charge in [0.1, 0.15) is 6.04 Å². The van der Waals surface area contributed by atoms with E-state index < -0.39 is 41.6 Å². The van der Waals surface area contributed by atoms with E-state index in [1.54, 1.807) is 30.3 Å². The summed E-state index contributed by atoms with van der Waals surface area (Å²) in [5.74, 6) is -4.16. The highest BCUT2D eigenvalue weighted by molar-refractivity contribution is 5.98. The van der Waals surface area contributed by atoms with Crippen LogP contribution in [0.25, 0.3) is 0 Å². The van der Waals surface area contributed by atoms with Crippen molar-refractivity contribution in [3.63, 3.8) is 0 Å². The lowest BCUT2D eigenvalue weighted by atomic mass is 10.2. The molecule has 2 atom stereocenters. The van der Waals surface area contributed by atoms with Crippen LogP contribution in [0.5, 0.6) is 0 Å². The molecule has 0 bridgehead atoms. The number of carbonyl (C=O) groups is 3. The van der Waals surface area contributed by atoms with Crippen molar-refractivity contribution >= 4 is 23.5 Å². The van der Waals surface area contributed by atoms with Gasteiger partial charge in [0.25, 0.3) is 11.8 Å². The first kappa shape index (κ1) is 20.0. The number of benzene rings is 2. The Bertz CT molecular complexity index is 843. The lowest BCUT2D eigenvalue weighted by Gasteiger charge is -2.17. The Morgan fingerprint density at radius 1 is 0.963 bits per heavy atom. The van der Waals surface area contributed by atoms with Crippen LogP contribution in [0.1, 0.15) is 24.2 Å². The molecule has 6 nitrogen and oxygen atoms in total. The number of hydrogen-bond donors (Lipinski definition) is 2. The van der Waals surface area contributed by atoms with Gasteiger partial charge in [0.15, 0.2) is 17.7 Å². The number of hydrogen-bond acceptors (Lipinski definition) is 4. The van der Waals surface area contributed by atoms with Crippen LogP contribution < -0.4 is 10.6 Å². The number of esters is 1. The van der Waals surface area contributed by atoms with Gasteiger partial charge in [-0.2, -0.15) is 0 Å². The molecule has 0 aliphatic rings. The highest BCUT2D eigenvalue weighted by atomic mass is 19.2. The Balaban J connectivity index is 1.88. The molecule has 27 heavy (non-hydrogen) atoms. The second-order valence-corrected chi connectivity index (χ2v) is 5.76. The van der Waals surface area contributed by atoms with E-state index in [1.165, 1.54) is 19.9 Å². The SMILES string of the molecule is C[C@H](NC(=O)c1ccccc1)C(=O)O[C@@H](C)C(=O)Nc1ccc(F)c(F)c1. The fraction of sp³-hybridized carbons (Fsp3) is 0.211. The number of rotatable bonds is 6. The monoisotopic (exact) mass is 376 g/mol. The van der Waals surface area contributed by atoms with Crippen molar-refractivity contribution in [2.45, 2.75) is 26.0 Å². The fourth-order valence-electron chi connectivity index (χ4n) is 2.08. The molecule has 0 aliphatic heterocycles. The van der Waals surface area contributed by atoms with Crippen molar-refractivity contribution in [2.75, 3.05) is 5.32 Å². The number of carbonyl (C=O) groups excluding carboxylic acids is 3. The second kappa shape index (κ2) is 8.88. The lowest BCUT2D eigenvalue weighted by molar-refractivity contribution is -0.154. The molecule has 0 aromatic heterocycles. The molecule has 0 heterocycles. The molecule has 0 saturated heterocycles. The van der Waals surface area contributed by atoms with Crippen LogP contribution in [0.3, 0.4) is 0 Å². The Hall–Kier alpha value is -3.29. The van der Waals surface area contributed by atoms with Gasteiger partial charge in [-0.05, 0) is 38.1 Å². The molecule has 2 amide bonds. The van der Waals surface area contributed by atoms with Crippen LogP contribution in [0.4, 0.5) is 14.5 Å². The maximum Gasteiger partial charge on any atom is 0.329 e. The molecule has 0 unspecified atom stereocenters.